The molecule has 0 bridgehead atoms. The number of carbonyl (C=O) groups excluding carboxylic acids is 1. The molecule has 19 heavy (non-hydrogen) atoms. The van der Waals surface area contributed by atoms with Gasteiger partial charge in [-0.25, -0.2) is 0 Å². The van der Waals surface area contributed by atoms with E-state index >= 15 is 0 Å². The molecule has 4 heteroatoms. The van der Waals surface area contributed by atoms with Crippen LogP contribution in [0.1, 0.15) is 36.9 Å². The second-order valence-electron chi connectivity index (χ2n) is 4.25. The third-order valence-electron chi connectivity index (χ3n) is 2.77. The van der Waals surface area contributed by atoms with Gasteiger partial charge in [0.1, 0.15) is 0 Å². The largest absolute Gasteiger partial charge is 0.444 e. The lowest BCUT2D eigenvalue weighted by atomic mass is 10.1. The van der Waals surface area contributed by atoms with E-state index in [9.17, 15) is 4.79 Å². The fourth-order valence-electron chi connectivity index (χ4n) is 1.87. The molecule has 0 amide bonds. The van der Waals surface area contributed by atoms with Crippen molar-refractivity contribution in [2.45, 2.75) is 25.7 Å². The summed E-state index contributed by atoms with van der Waals surface area (Å²) >= 11 is 0. The van der Waals surface area contributed by atoms with Gasteiger partial charge < -0.3 is 14.2 Å². The van der Waals surface area contributed by atoms with Gasteiger partial charge in [-0.15, -0.1) is 6.42 Å². The SMILES string of the molecule is C#CC(OC(C)=O)c1ccc(C2OCCCO2)cc1. The van der Waals surface area contributed by atoms with Crippen molar-refractivity contribution in [2.75, 3.05) is 13.2 Å². The van der Waals surface area contributed by atoms with Crippen molar-refractivity contribution < 1.29 is 19.0 Å². The molecular formula is C15H16O4. The third-order valence-corrected chi connectivity index (χ3v) is 2.77. The number of terminal acetylenes is 1. The first kappa shape index (κ1) is 13.6. The van der Waals surface area contributed by atoms with Crippen LogP contribution in [0.4, 0.5) is 0 Å². The van der Waals surface area contributed by atoms with Gasteiger partial charge >= 0.3 is 5.97 Å². The van der Waals surface area contributed by atoms with Crippen LogP contribution < -0.4 is 0 Å². The first-order chi connectivity index (χ1) is 9.20. The van der Waals surface area contributed by atoms with Crippen LogP contribution in [0.15, 0.2) is 24.3 Å². The van der Waals surface area contributed by atoms with Gasteiger partial charge in [0.25, 0.3) is 0 Å². The predicted molar refractivity (Wildman–Crippen MR) is 69.0 cm³/mol. The molecule has 0 saturated carbocycles. The van der Waals surface area contributed by atoms with Gasteiger partial charge in [0.05, 0.1) is 13.2 Å². The summed E-state index contributed by atoms with van der Waals surface area (Å²) in [6.45, 7) is 2.74. The Balaban J connectivity index is 2.08. The van der Waals surface area contributed by atoms with Gasteiger partial charge in [-0.05, 0) is 6.42 Å². The van der Waals surface area contributed by atoms with Gasteiger partial charge in [-0.2, -0.15) is 0 Å². The zero-order chi connectivity index (χ0) is 13.7. The van der Waals surface area contributed by atoms with Crippen LogP contribution in [-0.2, 0) is 19.0 Å². The number of benzene rings is 1. The summed E-state index contributed by atoms with van der Waals surface area (Å²) in [5.74, 6) is 2.05. The minimum absolute atomic E-state index is 0.319. The van der Waals surface area contributed by atoms with Crippen LogP contribution in [-0.4, -0.2) is 19.2 Å². The molecule has 1 fully saturated rings. The van der Waals surface area contributed by atoms with E-state index in [-0.39, 0.29) is 6.29 Å². The molecule has 1 aromatic carbocycles. The molecule has 0 spiro atoms. The molecule has 100 valence electrons. The van der Waals surface area contributed by atoms with E-state index in [0.717, 1.165) is 17.5 Å². The zero-order valence-electron chi connectivity index (χ0n) is 10.8. The first-order valence-corrected chi connectivity index (χ1v) is 6.17. The highest BCUT2D eigenvalue weighted by Crippen LogP contribution is 2.25. The number of hydrogen-bond donors (Lipinski definition) is 0. The predicted octanol–water partition coefficient (Wildman–Crippen LogP) is 2.36. The molecule has 2 rings (SSSR count). The quantitative estimate of drug-likeness (QED) is 0.618. The smallest absolute Gasteiger partial charge is 0.304 e. The molecule has 0 N–H and O–H groups in total. The molecule has 1 unspecified atom stereocenters. The molecular weight excluding hydrogens is 244 g/mol. The Morgan fingerprint density at radius 3 is 2.53 bits per heavy atom. The van der Waals surface area contributed by atoms with E-state index in [4.69, 9.17) is 20.6 Å². The van der Waals surface area contributed by atoms with Gasteiger partial charge in [0.2, 0.25) is 0 Å². The molecule has 4 nitrogen and oxygen atoms in total. The average molecular weight is 260 g/mol. The third kappa shape index (κ3) is 3.57. The van der Waals surface area contributed by atoms with Gasteiger partial charge in [-0.1, -0.05) is 30.2 Å². The fraction of sp³-hybridized carbons (Fsp3) is 0.400. The standard InChI is InChI=1S/C15H16O4/c1-3-14(19-11(2)16)12-5-7-13(8-6-12)15-17-9-4-10-18-15/h1,5-8,14-15H,4,9-10H2,2H3. The fourth-order valence-corrected chi connectivity index (χ4v) is 1.87. The zero-order valence-corrected chi connectivity index (χ0v) is 10.8. The van der Waals surface area contributed by atoms with Crippen LogP contribution in [0.25, 0.3) is 0 Å². The van der Waals surface area contributed by atoms with E-state index in [1.807, 2.05) is 24.3 Å². The van der Waals surface area contributed by atoms with Crippen molar-refractivity contribution in [1.82, 2.24) is 0 Å². The summed E-state index contributed by atoms with van der Waals surface area (Å²) in [6.07, 6.45) is 5.30. The summed E-state index contributed by atoms with van der Waals surface area (Å²) in [7, 11) is 0. The number of carbonyl (C=O) groups is 1. The van der Waals surface area contributed by atoms with Gasteiger partial charge in [0, 0.05) is 18.1 Å². The highest BCUT2D eigenvalue weighted by Gasteiger charge is 2.17. The topological polar surface area (TPSA) is 44.8 Å². The Morgan fingerprint density at radius 2 is 2.00 bits per heavy atom. The van der Waals surface area contributed by atoms with Crippen LogP contribution in [0, 0.1) is 12.3 Å². The van der Waals surface area contributed by atoms with Crippen LogP contribution in [0.2, 0.25) is 0 Å². The molecule has 1 heterocycles. The monoisotopic (exact) mass is 260 g/mol. The minimum Gasteiger partial charge on any atom is -0.444 e. The van der Waals surface area contributed by atoms with E-state index in [0.29, 0.717) is 13.2 Å². The molecule has 1 aliphatic heterocycles. The van der Waals surface area contributed by atoms with Crippen molar-refractivity contribution in [3.05, 3.63) is 35.4 Å². The average Bonchev–Trinajstić information content (AvgIpc) is 2.46. The molecule has 0 aromatic heterocycles. The molecule has 0 aliphatic carbocycles. The van der Waals surface area contributed by atoms with E-state index in [1.165, 1.54) is 6.92 Å². The second-order valence-corrected chi connectivity index (χ2v) is 4.25. The Hall–Kier alpha value is -1.83. The highest BCUT2D eigenvalue weighted by atomic mass is 16.7. The summed E-state index contributed by atoms with van der Waals surface area (Å²) < 4.78 is 16.0. The van der Waals surface area contributed by atoms with Crippen molar-refractivity contribution >= 4 is 5.97 Å². The van der Waals surface area contributed by atoms with Crippen LogP contribution in [0.3, 0.4) is 0 Å². The van der Waals surface area contributed by atoms with Gasteiger partial charge in [0.15, 0.2) is 12.4 Å². The number of hydrogen-bond acceptors (Lipinski definition) is 4. The van der Waals surface area contributed by atoms with Crippen LogP contribution >= 0.6 is 0 Å². The Kier molecular flexibility index (Phi) is 4.56. The van der Waals surface area contributed by atoms with Crippen LogP contribution in [0.5, 0.6) is 0 Å². The van der Waals surface area contributed by atoms with E-state index in [2.05, 4.69) is 5.92 Å². The molecule has 1 saturated heterocycles. The van der Waals surface area contributed by atoms with Crippen molar-refractivity contribution in [3.63, 3.8) is 0 Å². The Bertz CT molecular complexity index is 466. The highest BCUT2D eigenvalue weighted by molar-refractivity contribution is 5.66. The lowest BCUT2D eigenvalue weighted by molar-refractivity contribution is -0.183. The summed E-state index contributed by atoms with van der Waals surface area (Å²) in [5.41, 5.74) is 1.69. The molecule has 0 radical (unpaired) electrons. The summed E-state index contributed by atoms with van der Waals surface area (Å²) in [5, 5.41) is 0. The summed E-state index contributed by atoms with van der Waals surface area (Å²) in [6, 6.07) is 7.40. The van der Waals surface area contributed by atoms with Crippen molar-refractivity contribution in [2.24, 2.45) is 0 Å². The van der Waals surface area contributed by atoms with Crippen molar-refractivity contribution in [3.8, 4) is 12.3 Å². The normalized spacial score (nSPS) is 17.5. The number of esters is 1. The van der Waals surface area contributed by atoms with E-state index < -0.39 is 12.1 Å². The number of rotatable bonds is 3. The Labute approximate surface area is 112 Å². The Morgan fingerprint density at radius 1 is 1.37 bits per heavy atom. The van der Waals surface area contributed by atoms with Crippen molar-refractivity contribution in [1.29, 1.82) is 0 Å². The molecule has 1 aromatic rings. The lowest BCUT2D eigenvalue weighted by Crippen LogP contribution is -2.17. The van der Waals surface area contributed by atoms with E-state index in [1.54, 1.807) is 0 Å². The maximum absolute atomic E-state index is 10.9. The maximum Gasteiger partial charge on any atom is 0.304 e. The lowest BCUT2D eigenvalue weighted by Gasteiger charge is -2.23. The second kappa shape index (κ2) is 6.37. The maximum atomic E-state index is 10.9. The molecule has 1 atom stereocenters. The number of ether oxygens (including phenoxy) is 3. The molecule has 1 aliphatic rings. The first-order valence-electron chi connectivity index (χ1n) is 6.17. The summed E-state index contributed by atoms with van der Waals surface area (Å²) in [4.78, 5) is 10.9. The van der Waals surface area contributed by atoms with Gasteiger partial charge in [-0.3, -0.25) is 4.79 Å². The minimum atomic E-state index is -0.653.